The van der Waals surface area contributed by atoms with Crippen molar-refractivity contribution in [1.29, 1.82) is 0 Å². The van der Waals surface area contributed by atoms with Crippen molar-refractivity contribution in [2.24, 2.45) is 0 Å². The fraction of sp³-hybridized carbons (Fsp3) is 0.194. The maximum atomic E-state index is 13.1. The number of carboxylic acid groups (broad SMARTS) is 2. The number of para-hydroxylation sites is 1. The number of nitrogens with one attached hydrogen (secondary N) is 1. The molecule has 0 aromatic heterocycles. The zero-order chi connectivity index (χ0) is 28.1. The van der Waals surface area contributed by atoms with Crippen LogP contribution >= 0.6 is 0 Å². The molecule has 1 aliphatic heterocycles. The Morgan fingerprint density at radius 3 is 2.45 bits per heavy atom. The van der Waals surface area contributed by atoms with E-state index in [0.29, 0.717) is 42.3 Å². The fourth-order valence-corrected chi connectivity index (χ4v) is 4.71. The van der Waals surface area contributed by atoms with E-state index in [1.54, 1.807) is 47.4 Å². The van der Waals surface area contributed by atoms with E-state index in [-0.39, 0.29) is 18.7 Å². The quantitative estimate of drug-likeness (QED) is 0.251. The van der Waals surface area contributed by atoms with Crippen molar-refractivity contribution in [1.82, 2.24) is 0 Å². The van der Waals surface area contributed by atoms with Gasteiger partial charge in [0.1, 0.15) is 12.4 Å². The second kappa shape index (κ2) is 11.8. The van der Waals surface area contributed by atoms with Crippen LogP contribution in [0.4, 0.5) is 11.4 Å². The number of aliphatic carboxylic acids is 2. The summed E-state index contributed by atoms with van der Waals surface area (Å²) in [5.74, 6) is -1.61. The molecule has 5 rings (SSSR count). The Bertz CT molecular complexity index is 1550. The summed E-state index contributed by atoms with van der Waals surface area (Å²) in [6.07, 6.45) is -0.858. The summed E-state index contributed by atoms with van der Waals surface area (Å²) in [6.45, 7) is 0.789. The van der Waals surface area contributed by atoms with Gasteiger partial charge in [-0.2, -0.15) is 0 Å². The van der Waals surface area contributed by atoms with Crippen LogP contribution in [0.3, 0.4) is 0 Å². The number of ether oxygens (including phenoxy) is 2. The van der Waals surface area contributed by atoms with E-state index in [0.717, 1.165) is 16.3 Å². The Balaban J connectivity index is 1.28. The summed E-state index contributed by atoms with van der Waals surface area (Å²) in [4.78, 5) is 37.5. The molecule has 4 aromatic rings. The summed E-state index contributed by atoms with van der Waals surface area (Å²) in [7, 11) is 0. The first-order valence-corrected chi connectivity index (χ1v) is 12.9. The summed E-state index contributed by atoms with van der Waals surface area (Å²) >= 11 is 0. The first-order valence-electron chi connectivity index (χ1n) is 12.9. The molecule has 0 saturated carbocycles. The van der Waals surface area contributed by atoms with Gasteiger partial charge in [0.15, 0.2) is 5.75 Å². The lowest BCUT2D eigenvalue weighted by atomic mass is 10.1. The Kier molecular flexibility index (Phi) is 7.82. The van der Waals surface area contributed by atoms with Gasteiger partial charge in [-0.3, -0.25) is 9.59 Å². The first-order chi connectivity index (χ1) is 19.4. The highest BCUT2D eigenvalue weighted by Crippen LogP contribution is 2.40. The first kappa shape index (κ1) is 26.6. The Morgan fingerprint density at radius 2 is 1.68 bits per heavy atom. The van der Waals surface area contributed by atoms with E-state index in [9.17, 15) is 19.5 Å². The van der Waals surface area contributed by atoms with E-state index < -0.39 is 23.9 Å². The SMILES string of the molecule is O=C(O)CCCN1CC(C(=O)O)Oc2c(NC(=O)c3ccc(OCc4cccc5ccccc45)cc3)cccc21. The molecule has 3 N–H and O–H groups in total. The molecule has 4 aromatic carbocycles. The van der Waals surface area contributed by atoms with Gasteiger partial charge < -0.3 is 29.9 Å². The zero-order valence-corrected chi connectivity index (χ0v) is 21.6. The van der Waals surface area contributed by atoms with E-state index in [1.165, 1.54) is 0 Å². The molecule has 1 aliphatic rings. The molecule has 1 unspecified atom stereocenters. The van der Waals surface area contributed by atoms with Gasteiger partial charge in [-0.15, -0.1) is 0 Å². The molecule has 0 fully saturated rings. The Morgan fingerprint density at radius 1 is 0.925 bits per heavy atom. The number of carbonyl (C=O) groups excluding carboxylic acids is 1. The number of hydrogen-bond acceptors (Lipinski definition) is 6. The molecule has 0 radical (unpaired) electrons. The highest BCUT2D eigenvalue weighted by Gasteiger charge is 2.32. The molecular weight excluding hydrogens is 512 g/mol. The molecule has 9 nitrogen and oxygen atoms in total. The van der Waals surface area contributed by atoms with E-state index >= 15 is 0 Å². The summed E-state index contributed by atoms with van der Waals surface area (Å²) < 4.78 is 11.7. The van der Waals surface area contributed by atoms with E-state index in [4.69, 9.17) is 14.6 Å². The van der Waals surface area contributed by atoms with E-state index in [1.807, 2.05) is 24.3 Å². The van der Waals surface area contributed by atoms with Crippen LogP contribution in [0.25, 0.3) is 10.8 Å². The maximum absolute atomic E-state index is 13.1. The smallest absolute Gasteiger partial charge is 0.346 e. The molecule has 1 heterocycles. The molecule has 1 amide bonds. The van der Waals surface area contributed by atoms with Crippen LogP contribution in [-0.2, 0) is 16.2 Å². The normalized spacial score (nSPS) is 14.2. The molecule has 9 heteroatoms. The zero-order valence-electron chi connectivity index (χ0n) is 21.6. The van der Waals surface area contributed by atoms with Crippen LogP contribution in [0, 0.1) is 0 Å². The number of carbonyl (C=O) groups is 3. The Hall–Kier alpha value is -5.05. The third kappa shape index (κ3) is 5.99. The molecule has 1 atom stereocenters. The second-order valence-corrected chi connectivity index (χ2v) is 9.45. The highest BCUT2D eigenvalue weighted by atomic mass is 16.5. The van der Waals surface area contributed by atoms with Gasteiger partial charge in [0, 0.05) is 18.5 Å². The van der Waals surface area contributed by atoms with Crippen molar-refractivity contribution in [2.75, 3.05) is 23.3 Å². The monoisotopic (exact) mass is 540 g/mol. The minimum absolute atomic E-state index is 0.0392. The van der Waals surface area contributed by atoms with Crippen LogP contribution in [0.1, 0.15) is 28.8 Å². The largest absolute Gasteiger partial charge is 0.489 e. The number of carboxylic acids is 2. The van der Waals surface area contributed by atoms with Gasteiger partial charge in [-0.1, -0.05) is 48.5 Å². The average molecular weight is 541 g/mol. The molecule has 0 aliphatic carbocycles. The van der Waals surface area contributed by atoms with E-state index in [2.05, 4.69) is 23.5 Å². The topological polar surface area (TPSA) is 125 Å². The Labute approximate surface area is 230 Å². The number of rotatable bonds is 10. The number of anilines is 2. The van der Waals surface area contributed by atoms with Crippen molar-refractivity contribution in [2.45, 2.75) is 25.6 Å². The van der Waals surface area contributed by atoms with Gasteiger partial charge >= 0.3 is 11.9 Å². The number of fused-ring (bicyclic) bond motifs is 2. The van der Waals surface area contributed by atoms with Gasteiger partial charge in [0.2, 0.25) is 6.10 Å². The van der Waals surface area contributed by atoms with Crippen LogP contribution in [-0.4, -0.2) is 47.3 Å². The molecule has 204 valence electrons. The fourth-order valence-electron chi connectivity index (χ4n) is 4.71. The third-order valence-electron chi connectivity index (χ3n) is 6.71. The van der Waals surface area contributed by atoms with Crippen molar-refractivity contribution in [3.8, 4) is 11.5 Å². The number of benzene rings is 4. The minimum Gasteiger partial charge on any atom is -0.489 e. The van der Waals surface area contributed by atoms with Crippen molar-refractivity contribution in [3.05, 3.63) is 96.1 Å². The molecular formula is C31H28N2O7. The van der Waals surface area contributed by atoms with Crippen LogP contribution < -0.4 is 19.7 Å². The van der Waals surface area contributed by atoms with Gasteiger partial charge in [0.05, 0.1) is 17.9 Å². The predicted molar refractivity (Wildman–Crippen MR) is 150 cm³/mol. The second-order valence-electron chi connectivity index (χ2n) is 9.45. The average Bonchev–Trinajstić information content (AvgIpc) is 2.96. The van der Waals surface area contributed by atoms with Crippen molar-refractivity contribution in [3.63, 3.8) is 0 Å². The minimum atomic E-state index is -1.16. The molecule has 0 spiro atoms. The lowest BCUT2D eigenvalue weighted by molar-refractivity contribution is -0.145. The van der Waals surface area contributed by atoms with Crippen LogP contribution in [0.15, 0.2) is 84.9 Å². The van der Waals surface area contributed by atoms with Crippen molar-refractivity contribution < 1.29 is 34.1 Å². The van der Waals surface area contributed by atoms with Crippen LogP contribution in [0.5, 0.6) is 11.5 Å². The molecule has 0 bridgehead atoms. The summed E-state index contributed by atoms with van der Waals surface area (Å²) in [5, 5.41) is 23.7. The van der Waals surface area contributed by atoms with Gasteiger partial charge in [-0.25, -0.2) is 4.79 Å². The molecule has 0 saturated heterocycles. The molecule has 40 heavy (non-hydrogen) atoms. The lowest BCUT2D eigenvalue weighted by Crippen LogP contribution is -2.45. The summed E-state index contributed by atoms with van der Waals surface area (Å²) in [6, 6.07) is 26.1. The highest BCUT2D eigenvalue weighted by molar-refractivity contribution is 6.05. The third-order valence-corrected chi connectivity index (χ3v) is 6.71. The van der Waals surface area contributed by atoms with Crippen LogP contribution in [0.2, 0.25) is 0 Å². The summed E-state index contributed by atoms with van der Waals surface area (Å²) in [5.41, 5.74) is 2.37. The van der Waals surface area contributed by atoms with Gasteiger partial charge in [-0.05, 0) is 59.2 Å². The lowest BCUT2D eigenvalue weighted by Gasteiger charge is -2.35. The standard InChI is InChI=1S/C31H28N2O7/c34-28(35)12-5-17-33-18-27(31(37)38)40-29-25(10-4-11-26(29)33)32-30(36)21-13-15-23(16-14-21)39-19-22-8-3-7-20-6-1-2-9-24(20)22/h1-4,6-11,13-16,27H,5,12,17-19H2,(H,32,36)(H,34,35)(H,37,38). The number of hydrogen-bond donors (Lipinski definition) is 3. The van der Waals surface area contributed by atoms with Crippen molar-refractivity contribution >= 4 is 40.0 Å². The van der Waals surface area contributed by atoms with Gasteiger partial charge in [0.25, 0.3) is 5.91 Å². The maximum Gasteiger partial charge on any atom is 0.346 e. The number of amides is 1. The number of nitrogens with zero attached hydrogens (tertiary/aromatic N) is 1. The predicted octanol–water partition coefficient (Wildman–Crippen LogP) is 5.19.